The number of rotatable bonds is 5. The number of hydrogen-bond acceptors (Lipinski definition) is 3. The van der Waals surface area contributed by atoms with Gasteiger partial charge < -0.3 is 15.5 Å². The molecular formula is C19H23F2N5. The van der Waals surface area contributed by atoms with Crippen molar-refractivity contribution < 1.29 is 8.78 Å². The number of halogens is 2. The molecule has 1 saturated heterocycles. The van der Waals surface area contributed by atoms with Crippen LogP contribution in [0.5, 0.6) is 0 Å². The zero-order chi connectivity index (χ0) is 18.4. The van der Waals surface area contributed by atoms with Crippen molar-refractivity contribution in [3.8, 4) is 0 Å². The Balaban J connectivity index is 1.61. The van der Waals surface area contributed by atoms with Crippen molar-refractivity contribution in [3.63, 3.8) is 0 Å². The number of nitrogens with one attached hydrogen (secondary N) is 2. The zero-order valence-corrected chi connectivity index (χ0v) is 14.8. The quantitative estimate of drug-likeness (QED) is 0.637. The lowest BCUT2D eigenvalue weighted by Crippen LogP contribution is -2.44. The monoisotopic (exact) mass is 359 g/mol. The van der Waals surface area contributed by atoms with Crippen LogP contribution in [-0.2, 0) is 6.54 Å². The van der Waals surface area contributed by atoms with Gasteiger partial charge in [-0.25, -0.2) is 18.8 Å². The molecule has 2 aromatic rings. The van der Waals surface area contributed by atoms with Gasteiger partial charge in [0, 0.05) is 31.9 Å². The standard InChI is InChI=1S/C19H23F2N5/c1-2-22-19(24-12-14-5-3-6-15(20)11-14)25-16-8-10-26(13-16)18-17(21)7-4-9-23-18/h3-7,9,11,16H,2,8,10,12-13H2,1H3,(H2,22,24,25). The number of hydrogen-bond donors (Lipinski definition) is 2. The first-order valence-corrected chi connectivity index (χ1v) is 8.80. The summed E-state index contributed by atoms with van der Waals surface area (Å²) in [6, 6.07) is 9.57. The van der Waals surface area contributed by atoms with E-state index < -0.39 is 0 Å². The minimum absolute atomic E-state index is 0.140. The molecule has 2 N–H and O–H groups in total. The summed E-state index contributed by atoms with van der Waals surface area (Å²) in [4.78, 5) is 10.6. The van der Waals surface area contributed by atoms with E-state index in [1.807, 2.05) is 17.9 Å². The van der Waals surface area contributed by atoms with Gasteiger partial charge in [-0.2, -0.15) is 0 Å². The maximum absolute atomic E-state index is 13.9. The Morgan fingerprint density at radius 3 is 2.96 bits per heavy atom. The van der Waals surface area contributed by atoms with Crippen molar-refractivity contribution in [2.75, 3.05) is 24.5 Å². The van der Waals surface area contributed by atoms with Gasteiger partial charge in [0.1, 0.15) is 5.82 Å². The lowest BCUT2D eigenvalue weighted by molar-refractivity contribution is 0.612. The van der Waals surface area contributed by atoms with E-state index in [0.29, 0.717) is 24.9 Å². The van der Waals surface area contributed by atoms with Gasteiger partial charge in [-0.3, -0.25) is 0 Å². The van der Waals surface area contributed by atoms with Crippen LogP contribution in [0.2, 0.25) is 0 Å². The van der Waals surface area contributed by atoms with E-state index in [1.165, 1.54) is 18.2 Å². The summed E-state index contributed by atoms with van der Waals surface area (Å²) in [5.74, 6) is 0.489. The molecule has 1 fully saturated rings. The Kier molecular flexibility index (Phi) is 5.99. The van der Waals surface area contributed by atoms with Crippen LogP contribution in [0.3, 0.4) is 0 Å². The van der Waals surface area contributed by atoms with Crippen LogP contribution in [0.4, 0.5) is 14.6 Å². The van der Waals surface area contributed by atoms with Gasteiger partial charge in [0.15, 0.2) is 17.6 Å². The van der Waals surface area contributed by atoms with E-state index in [-0.39, 0.29) is 17.7 Å². The average Bonchev–Trinajstić information content (AvgIpc) is 3.09. The average molecular weight is 359 g/mol. The maximum atomic E-state index is 13.9. The number of aromatic nitrogens is 1. The third-order valence-corrected chi connectivity index (χ3v) is 4.22. The first-order valence-electron chi connectivity index (χ1n) is 8.80. The fraction of sp³-hybridized carbons (Fsp3) is 0.368. The predicted octanol–water partition coefficient (Wildman–Crippen LogP) is 2.69. The van der Waals surface area contributed by atoms with Gasteiger partial charge in [-0.05, 0) is 43.2 Å². The first-order chi connectivity index (χ1) is 12.7. The first kappa shape index (κ1) is 18.1. The highest BCUT2D eigenvalue weighted by Gasteiger charge is 2.25. The van der Waals surface area contributed by atoms with E-state index in [4.69, 9.17) is 0 Å². The highest BCUT2D eigenvalue weighted by atomic mass is 19.1. The van der Waals surface area contributed by atoms with E-state index in [1.54, 1.807) is 18.3 Å². The molecule has 5 nitrogen and oxygen atoms in total. The van der Waals surface area contributed by atoms with Gasteiger partial charge in [0.25, 0.3) is 0 Å². The maximum Gasteiger partial charge on any atom is 0.191 e. The van der Waals surface area contributed by atoms with Crippen molar-refractivity contribution in [2.24, 2.45) is 4.99 Å². The largest absolute Gasteiger partial charge is 0.357 e. The summed E-state index contributed by atoms with van der Waals surface area (Å²) in [5, 5.41) is 6.57. The van der Waals surface area contributed by atoms with E-state index in [2.05, 4.69) is 20.6 Å². The molecule has 0 aliphatic carbocycles. The molecule has 0 spiro atoms. The fourth-order valence-electron chi connectivity index (χ4n) is 3.00. The molecule has 1 unspecified atom stereocenters. The smallest absolute Gasteiger partial charge is 0.191 e. The number of guanidine groups is 1. The van der Waals surface area contributed by atoms with Crippen LogP contribution in [0.25, 0.3) is 0 Å². The zero-order valence-electron chi connectivity index (χ0n) is 14.8. The number of pyridine rings is 1. The molecule has 26 heavy (non-hydrogen) atoms. The molecule has 0 bridgehead atoms. The minimum atomic E-state index is -0.306. The van der Waals surface area contributed by atoms with Gasteiger partial charge in [0.2, 0.25) is 0 Å². The van der Waals surface area contributed by atoms with Gasteiger partial charge in [-0.1, -0.05) is 12.1 Å². The Labute approximate surface area is 152 Å². The lowest BCUT2D eigenvalue weighted by Gasteiger charge is -2.20. The molecule has 3 rings (SSSR count). The number of anilines is 1. The van der Waals surface area contributed by atoms with Crippen LogP contribution in [0.1, 0.15) is 18.9 Å². The van der Waals surface area contributed by atoms with Crippen LogP contribution >= 0.6 is 0 Å². The molecule has 138 valence electrons. The Morgan fingerprint density at radius 2 is 2.19 bits per heavy atom. The molecule has 7 heteroatoms. The number of aliphatic imine (C=N–C) groups is 1. The summed E-state index contributed by atoms with van der Waals surface area (Å²) < 4.78 is 27.2. The molecule has 0 radical (unpaired) electrons. The van der Waals surface area contributed by atoms with Gasteiger partial charge >= 0.3 is 0 Å². The van der Waals surface area contributed by atoms with Crippen molar-refractivity contribution >= 4 is 11.8 Å². The summed E-state index contributed by atoms with van der Waals surface area (Å²) >= 11 is 0. The molecule has 1 aromatic heterocycles. The molecule has 0 amide bonds. The van der Waals surface area contributed by atoms with Crippen LogP contribution in [0.15, 0.2) is 47.6 Å². The Bertz CT molecular complexity index is 765. The molecule has 1 aromatic carbocycles. The lowest BCUT2D eigenvalue weighted by atomic mass is 10.2. The summed E-state index contributed by atoms with van der Waals surface area (Å²) in [6.07, 6.45) is 2.46. The molecule has 1 atom stereocenters. The molecular weight excluding hydrogens is 336 g/mol. The third kappa shape index (κ3) is 4.68. The van der Waals surface area contributed by atoms with Crippen molar-refractivity contribution in [2.45, 2.75) is 25.9 Å². The summed E-state index contributed by atoms with van der Waals surface area (Å²) in [6.45, 7) is 4.48. The van der Waals surface area contributed by atoms with Gasteiger partial charge in [0.05, 0.1) is 6.54 Å². The Hall–Kier alpha value is -2.70. The van der Waals surface area contributed by atoms with Crippen molar-refractivity contribution in [1.82, 2.24) is 15.6 Å². The van der Waals surface area contributed by atoms with E-state index in [9.17, 15) is 8.78 Å². The minimum Gasteiger partial charge on any atom is -0.357 e. The molecule has 2 heterocycles. The highest BCUT2D eigenvalue weighted by molar-refractivity contribution is 5.80. The third-order valence-electron chi connectivity index (χ3n) is 4.22. The predicted molar refractivity (Wildman–Crippen MR) is 99.2 cm³/mol. The topological polar surface area (TPSA) is 52.6 Å². The van der Waals surface area contributed by atoms with Crippen LogP contribution in [0, 0.1) is 11.6 Å². The summed E-state index contributed by atoms with van der Waals surface area (Å²) in [7, 11) is 0. The normalized spacial score (nSPS) is 17.4. The highest BCUT2D eigenvalue weighted by Crippen LogP contribution is 2.20. The second-order valence-corrected chi connectivity index (χ2v) is 6.21. The van der Waals surface area contributed by atoms with Crippen molar-refractivity contribution in [1.29, 1.82) is 0 Å². The number of nitrogens with zero attached hydrogens (tertiary/aromatic N) is 3. The van der Waals surface area contributed by atoms with E-state index in [0.717, 1.165) is 25.1 Å². The fourth-order valence-corrected chi connectivity index (χ4v) is 3.00. The number of benzene rings is 1. The second kappa shape index (κ2) is 8.60. The van der Waals surface area contributed by atoms with Crippen molar-refractivity contribution in [3.05, 3.63) is 59.8 Å². The summed E-state index contributed by atoms with van der Waals surface area (Å²) in [5.41, 5.74) is 0.811. The SMILES string of the molecule is CCNC(=NCc1cccc(F)c1)NC1CCN(c2ncccc2F)C1. The Morgan fingerprint density at radius 1 is 1.31 bits per heavy atom. The van der Waals surface area contributed by atoms with Crippen LogP contribution < -0.4 is 15.5 Å². The molecule has 1 aliphatic rings. The van der Waals surface area contributed by atoms with E-state index >= 15 is 0 Å². The van der Waals surface area contributed by atoms with Gasteiger partial charge in [-0.15, -0.1) is 0 Å². The molecule has 0 saturated carbocycles. The molecule has 1 aliphatic heterocycles. The van der Waals surface area contributed by atoms with Crippen LogP contribution in [-0.4, -0.2) is 36.6 Å². The second-order valence-electron chi connectivity index (χ2n) is 6.21.